The zero-order valence-electron chi connectivity index (χ0n) is 23.6. The first kappa shape index (κ1) is 29.3. The van der Waals surface area contributed by atoms with Gasteiger partial charge in [0.25, 0.3) is 0 Å². The van der Waals surface area contributed by atoms with Crippen LogP contribution in [0.15, 0.2) is 72.0 Å². The van der Waals surface area contributed by atoms with Crippen LogP contribution in [0.1, 0.15) is 31.4 Å². The van der Waals surface area contributed by atoms with Crippen LogP contribution in [0.5, 0.6) is 5.75 Å². The third-order valence-corrected chi connectivity index (χ3v) is 7.11. The topological polar surface area (TPSA) is 94.9 Å². The average molecular weight is 589 g/mol. The van der Waals surface area contributed by atoms with E-state index in [-0.39, 0.29) is 17.5 Å². The summed E-state index contributed by atoms with van der Waals surface area (Å²) in [7, 11) is 0. The molecule has 0 amide bonds. The Hall–Kier alpha value is -4.21. The van der Waals surface area contributed by atoms with Gasteiger partial charge in [-0.25, -0.2) is 14.8 Å². The number of rotatable bonds is 9. The van der Waals surface area contributed by atoms with Crippen LogP contribution in [-0.4, -0.2) is 47.6 Å². The van der Waals surface area contributed by atoms with E-state index in [4.69, 9.17) is 16.3 Å². The van der Waals surface area contributed by atoms with Gasteiger partial charge in [0.1, 0.15) is 5.75 Å². The Morgan fingerprint density at radius 3 is 2.71 bits per heavy atom. The summed E-state index contributed by atoms with van der Waals surface area (Å²) in [5.74, 6) is 0.578. The fourth-order valence-electron chi connectivity index (χ4n) is 4.83. The first-order valence-corrected chi connectivity index (χ1v) is 14.4. The molecule has 5 rings (SSSR count). The van der Waals surface area contributed by atoms with Gasteiger partial charge in [-0.2, -0.15) is 10.1 Å². The minimum Gasteiger partial charge on any atom is -0.508 e. The summed E-state index contributed by atoms with van der Waals surface area (Å²) in [6.45, 7) is 6.71. The van der Waals surface area contributed by atoms with Crippen LogP contribution in [0, 0.1) is 11.7 Å². The Morgan fingerprint density at radius 1 is 1.10 bits per heavy atom. The van der Waals surface area contributed by atoms with Crippen molar-refractivity contribution < 1.29 is 14.2 Å². The van der Waals surface area contributed by atoms with Gasteiger partial charge in [0.2, 0.25) is 5.95 Å². The molecular formula is C32H34ClFN6O2. The standard InChI is InChI=1S/C32H34ClFN6O2/c1-21(2)14-24-18-30(37-26-8-3-6-22(15-26)23-7-4-9-27(41)16-23)28(33)17-25(24)19-36-39-32-35-20-29(34)31(38-32)40-10-5-12-42-13-11-40/h3-4,6-9,15-21,37,41H,5,10-14H2,1-2H3,(H,35,38,39)/b36-19+. The Kier molecular flexibility index (Phi) is 9.51. The van der Waals surface area contributed by atoms with Crippen LogP contribution in [0.3, 0.4) is 0 Å². The average Bonchev–Trinajstić information content (AvgIpc) is 3.26. The van der Waals surface area contributed by atoms with Crippen LogP contribution in [0.25, 0.3) is 11.1 Å². The minimum absolute atomic E-state index is 0.203. The second-order valence-corrected chi connectivity index (χ2v) is 11.0. The Labute approximate surface area is 250 Å². The van der Waals surface area contributed by atoms with Crippen molar-refractivity contribution in [2.24, 2.45) is 11.0 Å². The molecule has 218 valence electrons. The summed E-state index contributed by atoms with van der Waals surface area (Å²) in [5, 5.41) is 18.2. The molecule has 1 aromatic heterocycles. The molecule has 1 fully saturated rings. The third-order valence-electron chi connectivity index (χ3n) is 6.79. The molecule has 0 spiro atoms. The fraction of sp³-hybridized carbons (Fsp3) is 0.281. The number of hydrogen-bond acceptors (Lipinski definition) is 8. The van der Waals surface area contributed by atoms with Crippen LogP contribution >= 0.6 is 11.6 Å². The van der Waals surface area contributed by atoms with Gasteiger partial charge in [-0.05, 0) is 77.4 Å². The Bertz CT molecular complexity index is 1560. The number of anilines is 4. The fourth-order valence-corrected chi connectivity index (χ4v) is 5.05. The molecule has 10 heteroatoms. The molecule has 4 aromatic rings. The maximum Gasteiger partial charge on any atom is 0.245 e. The normalized spacial score (nSPS) is 13.9. The molecule has 0 bridgehead atoms. The van der Waals surface area contributed by atoms with Gasteiger partial charge >= 0.3 is 0 Å². The van der Waals surface area contributed by atoms with Gasteiger partial charge < -0.3 is 20.1 Å². The monoisotopic (exact) mass is 588 g/mol. The summed E-state index contributed by atoms with van der Waals surface area (Å²) in [5.41, 5.74) is 8.30. The quantitative estimate of drug-likeness (QED) is 0.140. The zero-order valence-corrected chi connectivity index (χ0v) is 24.4. The molecule has 0 saturated carbocycles. The molecule has 1 aliphatic rings. The number of phenols is 1. The number of hydrazone groups is 1. The number of nitrogens with one attached hydrogen (secondary N) is 2. The molecule has 2 heterocycles. The van der Waals surface area contributed by atoms with Crippen molar-refractivity contribution in [1.29, 1.82) is 0 Å². The summed E-state index contributed by atoms with van der Waals surface area (Å²) >= 11 is 6.74. The predicted octanol–water partition coefficient (Wildman–Crippen LogP) is 7.26. The zero-order chi connectivity index (χ0) is 29.5. The highest BCUT2D eigenvalue weighted by molar-refractivity contribution is 6.33. The third kappa shape index (κ3) is 7.54. The van der Waals surface area contributed by atoms with Crippen LogP contribution < -0.4 is 15.6 Å². The van der Waals surface area contributed by atoms with Gasteiger partial charge in [0.05, 0.1) is 29.7 Å². The van der Waals surface area contributed by atoms with Gasteiger partial charge in [-0.3, -0.25) is 0 Å². The second-order valence-electron chi connectivity index (χ2n) is 10.6. The van der Waals surface area contributed by atoms with Crippen molar-refractivity contribution in [1.82, 2.24) is 9.97 Å². The van der Waals surface area contributed by atoms with Crippen molar-refractivity contribution in [2.75, 3.05) is 41.9 Å². The number of ether oxygens (including phenoxy) is 1. The highest BCUT2D eigenvalue weighted by atomic mass is 35.5. The molecule has 0 unspecified atom stereocenters. The molecular weight excluding hydrogens is 555 g/mol. The Balaban J connectivity index is 1.35. The molecule has 0 atom stereocenters. The summed E-state index contributed by atoms with van der Waals surface area (Å²) in [6.07, 6.45) is 4.45. The van der Waals surface area contributed by atoms with Crippen LogP contribution in [-0.2, 0) is 11.2 Å². The molecule has 0 radical (unpaired) electrons. The first-order chi connectivity index (χ1) is 20.4. The van der Waals surface area contributed by atoms with E-state index < -0.39 is 5.82 Å². The Morgan fingerprint density at radius 2 is 1.90 bits per heavy atom. The lowest BCUT2D eigenvalue weighted by Gasteiger charge is -2.21. The number of nitrogens with zero attached hydrogens (tertiary/aromatic N) is 4. The van der Waals surface area contributed by atoms with E-state index in [1.165, 1.54) is 0 Å². The molecule has 3 aromatic carbocycles. The van der Waals surface area contributed by atoms with Crippen molar-refractivity contribution >= 4 is 41.0 Å². The van der Waals surface area contributed by atoms with Crippen molar-refractivity contribution in [2.45, 2.75) is 26.7 Å². The highest BCUT2D eigenvalue weighted by Crippen LogP contribution is 2.32. The number of benzene rings is 3. The molecule has 8 nitrogen and oxygen atoms in total. The maximum absolute atomic E-state index is 14.5. The summed E-state index contributed by atoms with van der Waals surface area (Å²) < 4.78 is 20.0. The minimum atomic E-state index is -0.479. The lowest BCUT2D eigenvalue weighted by molar-refractivity contribution is 0.152. The first-order valence-electron chi connectivity index (χ1n) is 14.0. The summed E-state index contributed by atoms with van der Waals surface area (Å²) in [4.78, 5) is 10.3. The van der Waals surface area contributed by atoms with E-state index >= 15 is 0 Å². The second kappa shape index (κ2) is 13.6. The lowest BCUT2D eigenvalue weighted by Crippen LogP contribution is -2.28. The molecule has 1 saturated heterocycles. The molecule has 1 aliphatic heterocycles. The van der Waals surface area contributed by atoms with Gasteiger partial charge in [-0.15, -0.1) is 0 Å². The highest BCUT2D eigenvalue weighted by Gasteiger charge is 2.17. The molecule has 3 N–H and O–H groups in total. The summed E-state index contributed by atoms with van der Waals surface area (Å²) in [6, 6.07) is 19.0. The van der Waals surface area contributed by atoms with Gasteiger partial charge in [0, 0.05) is 25.4 Å². The predicted molar refractivity (Wildman–Crippen MR) is 168 cm³/mol. The number of aromatic nitrogens is 2. The molecule has 0 aliphatic carbocycles. The van der Waals surface area contributed by atoms with E-state index in [1.54, 1.807) is 18.3 Å². The van der Waals surface area contributed by atoms with Crippen LogP contribution in [0.4, 0.5) is 27.5 Å². The number of aromatic hydroxyl groups is 1. The van der Waals surface area contributed by atoms with Crippen LogP contribution in [0.2, 0.25) is 5.02 Å². The number of halogens is 2. The lowest BCUT2D eigenvalue weighted by atomic mass is 9.97. The van der Waals surface area contributed by atoms with E-state index in [1.807, 2.05) is 53.4 Å². The van der Waals surface area contributed by atoms with E-state index in [9.17, 15) is 9.50 Å². The SMILES string of the molecule is CC(C)Cc1cc(Nc2cccc(-c3cccc(O)c3)c2)c(Cl)cc1/C=N/Nc1ncc(F)c(N2CCCOCC2)n1. The largest absolute Gasteiger partial charge is 0.508 e. The van der Waals surface area contributed by atoms with E-state index in [0.717, 1.165) is 52.7 Å². The number of phenolic OH excluding ortho intramolecular Hbond substituents is 1. The van der Waals surface area contributed by atoms with Crippen molar-refractivity contribution in [3.05, 3.63) is 88.8 Å². The smallest absolute Gasteiger partial charge is 0.245 e. The molecule has 42 heavy (non-hydrogen) atoms. The number of hydrogen-bond donors (Lipinski definition) is 3. The van der Waals surface area contributed by atoms with Crippen molar-refractivity contribution in [3.8, 4) is 16.9 Å². The van der Waals surface area contributed by atoms with E-state index in [2.05, 4.69) is 39.7 Å². The van der Waals surface area contributed by atoms with E-state index in [0.29, 0.717) is 37.2 Å². The van der Waals surface area contributed by atoms with Gasteiger partial charge in [-0.1, -0.05) is 49.7 Å². The van der Waals surface area contributed by atoms with Gasteiger partial charge in [0.15, 0.2) is 11.6 Å². The van der Waals surface area contributed by atoms with Crippen molar-refractivity contribution in [3.63, 3.8) is 0 Å². The maximum atomic E-state index is 14.5.